The molecule has 2 saturated carbocycles. The Morgan fingerprint density at radius 2 is 1.05 bits per heavy atom. The van der Waals surface area contributed by atoms with E-state index in [1.54, 1.807) is 40.8 Å². The van der Waals surface area contributed by atoms with E-state index in [1.165, 1.54) is 35.6 Å². The van der Waals surface area contributed by atoms with Crippen LogP contribution in [0.5, 0.6) is 23.0 Å². The van der Waals surface area contributed by atoms with Crippen LogP contribution in [-0.4, -0.2) is 27.5 Å². The SMILES string of the molecule is Cn1cc(Br)c2sccc2c1=O.[C-]#[N+]C1(c2ccc(Oc3c(C)cc(F)cc3C)c(-c3cn(C)c(=O)c4ccsc34)c2)CC1.[C-]#[N+]C1(c2ccc(Oc3c(C)cc(F)cc3C)c(B3OC(C)(C)C(C)(C)O3)c2)CC1. The first-order valence-electron chi connectivity index (χ1n) is 24.1. The van der Waals surface area contributed by atoms with Crippen molar-refractivity contribution in [3.05, 3.63) is 189 Å². The lowest BCUT2D eigenvalue weighted by molar-refractivity contribution is 0.00578. The molecule has 0 spiro atoms. The maximum atomic E-state index is 13.8. The lowest BCUT2D eigenvalue weighted by atomic mass is 9.76. The topological polar surface area (TPSA) is 89.6 Å². The highest BCUT2D eigenvalue weighted by molar-refractivity contribution is 9.10. The number of benzene rings is 4. The molecule has 5 heterocycles. The molecule has 11 rings (SSSR count). The number of hydrogen-bond acceptors (Lipinski definition) is 8. The van der Waals surface area contributed by atoms with Crippen molar-refractivity contribution < 1.29 is 27.6 Å². The van der Waals surface area contributed by atoms with Crippen LogP contribution in [0.25, 0.3) is 41.0 Å². The molecule has 8 aromatic rings. The molecule has 1 saturated heterocycles. The second-order valence-electron chi connectivity index (χ2n) is 20.5. The molecule has 0 atom stereocenters. The zero-order chi connectivity index (χ0) is 53.2. The van der Waals surface area contributed by atoms with E-state index in [4.69, 9.17) is 31.9 Å². The number of aryl methyl sites for hydroxylation is 6. The molecule has 378 valence electrons. The molecule has 1 aliphatic heterocycles. The van der Waals surface area contributed by atoms with E-state index in [0.717, 1.165) is 83.8 Å². The normalized spacial score (nSPS) is 16.3. The van der Waals surface area contributed by atoms with Gasteiger partial charge in [-0.25, -0.2) is 21.9 Å². The number of pyridine rings is 2. The van der Waals surface area contributed by atoms with Gasteiger partial charge in [-0.15, -0.1) is 22.7 Å². The molecule has 0 unspecified atom stereocenters. The van der Waals surface area contributed by atoms with Gasteiger partial charge in [-0.05, 0) is 177 Å². The summed E-state index contributed by atoms with van der Waals surface area (Å²) in [6, 6.07) is 21.2. The Labute approximate surface area is 446 Å². The zero-order valence-corrected chi connectivity index (χ0v) is 46.1. The van der Waals surface area contributed by atoms with E-state index in [1.807, 2.05) is 121 Å². The van der Waals surface area contributed by atoms with Crippen LogP contribution in [0.15, 0.2) is 110 Å². The summed E-state index contributed by atoms with van der Waals surface area (Å²) in [7, 11) is 2.88. The third kappa shape index (κ3) is 9.86. The Morgan fingerprint density at radius 3 is 1.54 bits per heavy atom. The largest absolute Gasteiger partial charge is 0.498 e. The van der Waals surface area contributed by atoms with Gasteiger partial charge < -0.3 is 37.6 Å². The number of nitrogens with zero attached hydrogens (tertiary/aromatic N) is 4. The van der Waals surface area contributed by atoms with Crippen molar-refractivity contribution in [1.29, 1.82) is 0 Å². The van der Waals surface area contributed by atoms with Gasteiger partial charge >= 0.3 is 7.12 Å². The van der Waals surface area contributed by atoms with Gasteiger partial charge in [0.2, 0.25) is 0 Å². The van der Waals surface area contributed by atoms with Crippen molar-refractivity contribution in [3.8, 4) is 34.1 Å². The van der Waals surface area contributed by atoms with Crippen LogP contribution < -0.4 is 26.1 Å². The van der Waals surface area contributed by atoms with Gasteiger partial charge in [0.25, 0.3) is 22.2 Å². The first-order valence-corrected chi connectivity index (χ1v) is 26.7. The van der Waals surface area contributed by atoms with Crippen LogP contribution >= 0.6 is 38.6 Å². The molecular formula is C58H54BBrF2N4O6S2. The van der Waals surface area contributed by atoms with Gasteiger partial charge in [0.05, 0.1) is 31.1 Å². The number of ether oxygens (including phenoxy) is 2. The van der Waals surface area contributed by atoms with Gasteiger partial charge in [0.1, 0.15) is 34.6 Å². The summed E-state index contributed by atoms with van der Waals surface area (Å²) in [5, 5.41) is 5.29. The minimum absolute atomic E-state index is 0.0475. The Kier molecular flexibility index (Phi) is 14.0. The molecule has 3 fully saturated rings. The van der Waals surface area contributed by atoms with Crippen LogP contribution in [0.3, 0.4) is 0 Å². The highest BCUT2D eigenvalue weighted by atomic mass is 79.9. The summed E-state index contributed by atoms with van der Waals surface area (Å²) in [6.45, 7) is 30.6. The predicted molar refractivity (Wildman–Crippen MR) is 296 cm³/mol. The molecule has 2 aliphatic carbocycles. The monoisotopic (exact) mass is 1090 g/mol. The molecule has 16 heteroatoms. The maximum Gasteiger partial charge on any atom is 0.498 e. The van der Waals surface area contributed by atoms with Crippen molar-refractivity contribution in [2.45, 2.75) is 103 Å². The van der Waals surface area contributed by atoms with Crippen molar-refractivity contribution in [1.82, 2.24) is 9.13 Å². The van der Waals surface area contributed by atoms with E-state index >= 15 is 0 Å². The molecule has 4 aromatic carbocycles. The lowest BCUT2D eigenvalue weighted by Gasteiger charge is -2.32. The van der Waals surface area contributed by atoms with E-state index in [0.29, 0.717) is 39.5 Å². The summed E-state index contributed by atoms with van der Waals surface area (Å²) >= 11 is 6.50. The average Bonchev–Trinajstić information content (AvgIpc) is 4.18. The van der Waals surface area contributed by atoms with Crippen molar-refractivity contribution in [2.75, 3.05) is 0 Å². The van der Waals surface area contributed by atoms with Crippen molar-refractivity contribution >= 4 is 71.4 Å². The van der Waals surface area contributed by atoms with Crippen molar-refractivity contribution in [2.24, 2.45) is 14.1 Å². The molecular weight excluding hydrogens is 1040 g/mol. The molecule has 0 radical (unpaired) electrons. The highest BCUT2D eigenvalue weighted by Crippen LogP contribution is 2.53. The molecule has 74 heavy (non-hydrogen) atoms. The van der Waals surface area contributed by atoms with Crippen LogP contribution in [0.1, 0.15) is 86.8 Å². The van der Waals surface area contributed by atoms with E-state index in [-0.39, 0.29) is 22.8 Å². The predicted octanol–water partition coefficient (Wildman–Crippen LogP) is 14.5. The van der Waals surface area contributed by atoms with Gasteiger partial charge in [-0.1, -0.05) is 0 Å². The summed E-state index contributed by atoms with van der Waals surface area (Å²) in [4.78, 5) is 31.9. The summed E-state index contributed by atoms with van der Waals surface area (Å²) < 4.78 is 58.9. The molecule has 3 aliphatic rings. The molecule has 4 aromatic heterocycles. The number of thiophene rings is 2. The zero-order valence-electron chi connectivity index (χ0n) is 42.8. The van der Waals surface area contributed by atoms with E-state index in [2.05, 4.69) is 25.6 Å². The molecule has 10 nitrogen and oxygen atoms in total. The Balaban J connectivity index is 0.000000149. The van der Waals surface area contributed by atoms with Gasteiger partial charge in [0.15, 0.2) is 0 Å². The van der Waals surface area contributed by atoms with Gasteiger partial charge in [-0.3, -0.25) is 9.59 Å². The van der Waals surface area contributed by atoms with Crippen molar-refractivity contribution in [3.63, 3.8) is 0 Å². The standard InChI is InChI=1S/C26H21FN2O2S.C24H27BFNO3.C8H6BrNOS/c1-15-11-18(27)12-16(2)23(15)31-22-6-5-17(26(28-3)8-9-26)13-20(22)21-14-29(4)25(30)19-7-10-32-24(19)21;1-15-12-18(26)13-16(2)21(15)28-20-9-8-17(24(27-7)10-11-24)14-19(20)25-29-22(3,4)23(5,6)30-25;1-10-4-6(9)7-5(8(10)11)2-3-12-7/h5-7,10-14H,8-9H2,1-2,4H3;8-9,12-14H,10-11H2,1-6H3;2-4H,1H3. The average molecular weight is 1100 g/mol. The summed E-state index contributed by atoms with van der Waals surface area (Å²) in [5.41, 5.74) is 5.34. The maximum absolute atomic E-state index is 13.8. The number of rotatable bonds is 8. The minimum Gasteiger partial charge on any atom is -0.457 e. The molecule has 0 amide bonds. The van der Waals surface area contributed by atoms with E-state index < -0.39 is 29.4 Å². The smallest absolute Gasteiger partial charge is 0.457 e. The third-order valence-electron chi connectivity index (χ3n) is 14.5. The first-order chi connectivity index (χ1) is 35.0. The number of fused-ring (bicyclic) bond motifs is 2. The quantitative estimate of drug-likeness (QED) is 0.111. The number of hydrogen-bond donors (Lipinski definition) is 0. The fourth-order valence-electron chi connectivity index (χ4n) is 9.23. The number of halogens is 3. The summed E-state index contributed by atoms with van der Waals surface area (Å²) in [5.74, 6) is 1.85. The van der Waals surface area contributed by atoms with Crippen LogP contribution in [0.4, 0.5) is 8.78 Å². The highest BCUT2D eigenvalue weighted by Gasteiger charge is 2.56. The van der Waals surface area contributed by atoms with Crippen LogP contribution in [0, 0.1) is 52.5 Å². The Bertz CT molecular complexity index is 3700. The van der Waals surface area contributed by atoms with Gasteiger partial charge in [-0.2, -0.15) is 0 Å². The fraction of sp³-hybridized carbons (Fsp3) is 0.310. The molecule has 0 bridgehead atoms. The van der Waals surface area contributed by atoms with E-state index in [9.17, 15) is 18.4 Å². The Hall–Kier alpha value is -6.40. The minimum atomic E-state index is -0.618. The summed E-state index contributed by atoms with van der Waals surface area (Å²) in [6.07, 6.45) is 7.02. The third-order valence-corrected chi connectivity index (χ3v) is 17.3. The number of aromatic nitrogens is 2. The van der Waals surface area contributed by atoms with Gasteiger partial charge in [0, 0.05) is 84.6 Å². The Morgan fingerprint density at radius 1 is 0.622 bits per heavy atom. The second kappa shape index (κ2) is 19.7. The van der Waals surface area contributed by atoms with Crippen LogP contribution in [-0.2, 0) is 34.5 Å². The first kappa shape index (κ1) is 52.5. The second-order valence-corrected chi connectivity index (χ2v) is 23.1. The fourth-order valence-corrected chi connectivity index (χ4v) is 11.7. The molecule has 0 N–H and O–H groups in total. The lowest BCUT2D eigenvalue weighted by Crippen LogP contribution is -2.41. The van der Waals surface area contributed by atoms with Crippen LogP contribution in [0.2, 0.25) is 0 Å².